The fourth-order valence-electron chi connectivity index (χ4n) is 2.07. The lowest BCUT2D eigenvalue weighted by molar-refractivity contribution is 0.651. The van der Waals surface area contributed by atoms with Crippen LogP contribution in [0, 0.1) is 0 Å². The lowest BCUT2D eigenvalue weighted by atomic mass is 10.0. The molecule has 1 aliphatic heterocycles. The molecule has 2 N–H and O–H groups in total. The van der Waals surface area contributed by atoms with E-state index >= 15 is 0 Å². The molecule has 3 heterocycles. The van der Waals surface area contributed by atoms with Crippen LogP contribution in [0.5, 0.6) is 0 Å². The SMILES string of the molecule is Cl.Clc1ccc(NCc2csc3c2CCNC3)nn1. The maximum absolute atomic E-state index is 5.70. The van der Waals surface area contributed by atoms with Gasteiger partial charge < -0.3 is 10.6 Å². The minimum atomic E-state index is 0. The summed E-state index contributed by atoms with van der Waals surface area (Å²) < 4.78 is 0. The molecule has 0 aliphatic carbocycles. The predicted octanol–water partition coefficient (Wildman–Crippen LogP) is 2.87. The molecular weight excluding hydrogens is 303 g/mol. The van der Waals surface area contributed by atoms with Gasteiger partial charge in [0.25, 0.3) is 0 Å². The molecule has 7 heteroatoms. The largest absolute Gasteiger partial charge is 0.364 e. The van der Waals surface area contributed by atoms with Crippen molar-refractivity contribution in [3.05, 3.63) is 38.7 Å². The highest BCUT2D eigenvalue weighted by Gasteiger charge is 2.14. The Morgan fingerprint density at radius 3 is 3.05 bits per heavy atom. The minimum absolute atomic E-state index is 0. The molecule has 0 unspecified atom stereocenters. The Morgan fingerprint density at radius 2 is 2.26 bits per heavy atom. The van der Waals surface area contributed by atoms with E-state index in [0.717, 1.165) is 31.9 Å². The van der Waals surface area contributed by atoms with Gasteiger partial charge in [0.15, 0.2) is 5.15 Å². The Kier molecular flexibility index (Phi) is 4.99. The van der Waals surface area contributed by atoms with Gasteiger partial charge in [0.05, 0.1) is 0 Å². The van der Waals surface area contributed by atoms with E-state index in [2.05, 4.69) is 26.2 Å². The second kappa shape index (κ2) is 6.52. The number of thiophene rings is 1. The zero-order valence-electron chi connectivity index (χ0n) is 10.1. The third-order valence-corrected chi connectivity index (χ3v) is 4.28. The quantitative estimate of drug-likeness (QED) is 0.914. The molecule has 0 atom stereocenters. The second-order valence-electron chi connectivity index (χ2n) is 4.18. The molecule has 102 valence electrons. The van der Waals surface area contributed by atoms with Crippen LogP contribution in [0.15, 0.2) is 17.5 Å². The van der Waals surface area contributed by atoms with E-state index in [1.54, 1.807) is 6.07 Å². The second-order valence-corrected chi connectivity index (χ2v) is 5.54. The van der Waals surface area contributed by atoms with Crippen LogP contribution in [0.4, 0.5) is 5.82 Å². The van der Waals surface area contributed by atoms with Gasteiger partial charge in [-0.25, -0.2) is 0 Å². The van der Waals surface area contributed by atoms with Crippen LogP contribution in [0.25, 0.3) is 0 Å². The monoisotopic (exact) mass is 316 g/mol. The molecule has 4 nitrogen and oxygen atoms in total. The number of hydrogen-bond donors (Lipinski definition) is 2. The fourth-order valence-corrected chi connectivity index (χ4v) is 3.24. The average Bonchev–Trinajstić information content (AvgIpc) is 2.82. The summed E-state index contributed by atoms with van der Waals surface area (Å²) in [6.07, 6.45) is 1.11. The summed E-state index contributed by atoms with van der Waals surface area (Å²) in [7, 11) is 0. The summed E-state index contributed by atoms with van der Waals surface area (Å²) in [5.74, 6) is 0.758. The van der Waals surface area contributed by atoms with Crippen LogP contribution < -0.4 is 10.6 Å². The van der Waals surface area contributed by atoms with Gasteiger partial charge in [-0.2, -0.15) is 0 Å². The first-order valence-corrected chi connectivity index (χ1v) is 7.10. The summed E-state index contributed by atoms with van der Waals surface area (Å²) in [6.45, 7) is 2.86. The Hall–Kier alpha value is -0.880. The normalized spacial score (nSPS) is 13.5. The lowest BCUT2D eigenvalue weighted by Crippen LogP contribution is -2.22. The van der Waals surface area contributed by atoms with E-state index < -0.39 is 0 Å². The lowest BCUT2D eigenvalue weighted by Gasteiger charge is -2.14. The van der Waals surface area contributed by atoms with Crippen LogP contribution in [0.1, 0.15) is 16.0 Å². The molecule has 2 aromatic rings. The van der Waals surface area contributed by atoms with E-state index in [-0.39, 0.29) is 12.4 Å². The summed E-state index contributed by atoms with van der Waals surface area (Å²) in [6, 6.07) is 3.58. The number of halogens is 2. The van der Waals surface area contributed by atoms with Crippen LogP contribution in [0.2, 0.25) is 5.15 Å². The first-order valence-electron chi connectivity index (χ1n) is 5.85. The van der Waals surface area contributed by atoms with E-state index in [4.69, 9.17) is 11.6 Å². The van der Waals surface area contributed by atoms with Crippen molar-refractivity contribution in [2.24, 2.45) is 0 Å². The minimum Gasteiger partial charge on any atom is -0.364 e. The smallest absolute Gasteiger partial charge is 0.151 e. The van der Waals surface area contributed by atoms with Crippen molar-refractivity contribution in [3.8, 4) is 0 Å². The van der Waals surface area contributed by atoms with Crippen molar-refractivity contribution in [2.75, 3.05) is 11.9 Å². The van der Waals surface area contributed by atoms with E-state index in [1.807, 2.05) is 17.4 Å². The first-order chi connectivity index (χ1) is 8.83. The molecule has 2 aromatic heterocycles. The van der Waals surface area contributed by atoms with Crippen LogP contribution in [-0.4, -0.2) is 16.7 Å². The van der Waals surface area contributed by atoms with Gasteiger partial charge in [-0.3, -0.25) is 0 Å². The Balaban J connectivity index is 0.00000133. The number of anilines is 1. The Bertz CT molecular complexity index is 541. The van der Waals surface area contributed by atoms with Crippen molar-refractivity contribution < 1.29 is 0 Å². The zero-order valence-corrected chi connectivity index (χ0v) is 12.5. The number of rotatable bonds is 3. The van der Waals surface area contributed by atoms with Gasteiger partial charge in [0.2, 0.25) is 0 Å². The van der Waals surface area contributed by atoms with Crippen LogP contribution >= 0.6 is 35.3 Å². The average molecular weight is 317 g/mol. The van der Waals surface area contributed by atoms with E-state index in [0.29, 0.717) is 5.15 Å². The van der Waals surface area contributed by atoms with Crippen molar-refractivity contribution in [1.82, 2.24) is 15.5 Å². The summed E-state index contributed by atoms with van der Waals surface area (Å²) in [5.41, 5.74) is 2.86. The molecule has 0 amide bonds. The topological polar surface area (TPSA) is 49.8 Å². The maximum atomic E-state index is 5.70. The number of nitrogens with one attached hydrogen (secondary N) is 2. The number of aromatic nitrogens is 2. The van der Waals surface area contributed by atoms with Crippen molar-refractivity contribution in [1.29, 1.82) is 0 Å². The zero-order chi connectivity index (χ0) is 12.4. The van der Waals surface area contributed by atoms with E-state index in [1.165, 1.54) is 16.0 Å². The standard InChI is InChI=1S/C12H13ClN4S.ClH/c13-11-1-2-12(17-16-11)15-5-8-7-18-10-6-14-4-3-9(8)10;/h1-2,7,14H,3-6H2,(H,15,17);1H. The van der Waals surface area contributed by atoms with Gasteiger partial charge in [-0.15, -0.1) is 33.9 Å². The predicted molar refractivity (Wildman–Crippen MR) is 81.3 cm³/mol. The fraction of sp³-hybridized carbons (Fsp3) is 0.333. The molecule has 19 heavy (non-hydrogen) atoms. The number of fused-ring (bicyclic) bond motifs is 1. The molecule has 1 aliphatic rings. The Labute approximate surface area is 127 Å². The van der Waals surface area contributed by atoms with Gasteiger partial charge in [-0.05, 0) is 41.6 Å². The highest BCUT2D eigenvalue weighted by atomic mass is 35.5. The van der Waals surface area contributed by atoms with Crippen molar-refractivity contribution in [2.45, 2.75) is 19.5 Å². The molecule has 0 fully saturated rings. The summed E-state index contributed by atoms with van der Waals surface area (Å²) in [5, 5.41) is 17.1. The third-order valence-electron chi connectivity index (χ3n) is 3.00. The molecule has 0 spiro atoms. The molecule has 0 saturated heterocycles. The van der Waals surface area contributed by atoms with Crippen LogP contribution in [-0.2, 0) is 19.5 Å². The number of hydrogen-bond acceptors (Lipinski definition) is 5. The van der Waals surface area contributed by atoms with Crippen LogP contribution in [0.3, 0.4) is 0 Å². The van der Waals surface area contributed by atoms with Gasteiger partial charge in [0, 0.05) is 18.0 Å². The molecule has 0 bridgehead atoms. The van der Waals surface area contributed by atoms with Gasteiger partial charge in [0.1, 0.15) is 5.82 Å². The molecule has 0 radical (unpaired) electrons. The third kappa shape index (κ3) is 3.36. The molecule has 3 rings (SSSR count). The maximum Gasteiger partial charge on any atom is 0.151 e. The molecular formula is C12H14Cl2N4S. The van der Waals surface area contributed by atoms with Crippen molar-refractivity contribution >= 4 is 41.2 Å². The highest BCUT2D eigenvalue weighted by molar-refractivity contribution is 7.10. The summed E-state index contributed by atoms with van der Waals surface area (Å²) in [4.78, 5) is 1.46. The first kappa shape index (κ1) is 14.5. The highest BCUT2D eigenvalue weighted by Crippen LogP contribution is 2.26. The molecule has 0 saturated carbocycles. The van der Waals surface area contributed by atoms with E-state index in [9.17, 15) is 0 Å². The number of nitrogens with zero attached hydrogens (tertiary/aromatic N) is 2. The van der Waals surface area contributed by atoms with Gasteiger partial charge >= 0.3 is 0 Å². The Morgan fingerprint density at radius 1 is 1.37 bits per heavy atom. The summed E-state index contributed by atoms with van der Waals surface area (Å²) >= 11 is 7.53. The van der Waals surface area contributed by atoms with Crippen molar-refractivity contribution in [3.63, 3.8) is 0 Å². The molecule has 0 aromatic carbocycles. The van der Waals surface area contributed by atoms with Gasteiger partial charge in [-0.1, -0.05) is 11.6 Å².